The Morgan fingerprint density at radius 3 is 2.68 bits per heavy atom. The summed E-state index contributed by atoms with van der Waals surface area (Å²) in [4.78, 5) is 0.0798. The van der Waals surface area contributed by atoms with Gasteiger partial charge in [-0.2, -0.15) is 0 Å². The van der Waals surface area contributed by atoms with E-state index in [0.29, 0.717) is 10.7 Å². The van der Waals surface area contributed by atoms with E-state index in [4.69, 9.17) is 16.7 Å². The predicted molar refractivity (Wildman–Crippen MR) is 94.3 cm³/mol. The van der Waals surface area contributed by atoms with Crippen LogP contribution in [0.4, 0.5) is 5.69 Å². The zero-order valence-corrected chi connectivity index (χ0v) is 14.2. The van der Waals surface area contributed by atoms with E-state index in [9.17, 15) is 8.42 Å². The second-order valence-electron chi connectivity index (χ2n) is 4.62. The normalized spacial score (nSPS) is 11.8. The van der Waals surface area contributed by atoms with Crippen LogP contribution in [0.1, 0.15) is 11.1 Å². The van der Waals surface area contributed by atoms with Crippen molar-refractivity contribution in [1.29, 1.82) is 0 Å². The fourth-order valence-corrected chi connectivity index (χ4v) is 3.41. The first-order chi connectivity index (χ1) is 10.4. The monoisotopic (exact) mass is 354 g/mol. The molecule has 0 amide bonds. The van der Waals surface area contributed by atoms with Gasteiger partial charge in [-0.05, 0) is 65.7 Å². The van der Waals surface area contributed by atoms with Crippen molar-refractivity contribution in [1.82, 2.24) is 0 Å². The lowest BCUT2D eigenvalue weighted by molar-refractivity contribution is 0.598. The van der Waals surface area contributed by atoms with E-state index < -0.39 is 10.0 Å². The van der Waals surface area contributed by atoms with Crippen LogP contribution in [0.3, 0.4) is 0 Å². The van der Waals surface area contributed by atoms with Crippen LogP contribution < -0.4 is 9.86 Å². The molecule has 0 heterocycles. The van der Waals surface area contributed by atoms with Gasteiger partial charge in [-0.1, -0.05) is 29.8 Å². The Morgan fingerprint density at radius 2 is 2.00 bits per heavy atom. The summed E-state index contributed by atoms with van der Waals surface area (Å²) in [5, 5.41) is 7.69. The van der Waals surface area contributed by atoms with Crippen LogP contribution in [-0.2, 0) is 10.0 Å². The summed E-state index contributed by atoms with van der Waals surface area (Å²) in [6.07, 6.45) is 1.87. The van der Waals surface area contributed by atoms with Gasteiger partial charge in [0.15, 0.2) is 0 Å². The minimum Gasteiger partial charge on any atom is -0.325 e. The average Bonchev–Trinajstić information content (AvgIpc) is 2.44. The largest absolute Gasteiger partial charge is 0.325 e. The lowest BCUT2D eigenvalue weighted by Crippen LogP contribution is -2.14. The van der Waals surface area contributed by atoms with E-state index in [-0.39, 0.29) is 4.90 Å². The number of halogens is 1. The third-order valence-corrected chi connectivity index (χ3v) is 4.59. The Labute approximate surface area is 139 Å². The number of hydrogen-bond acceptors (Lipinski definition) is 4. The molecule has 116 valence electrons. The summed E-state index contributed by atoms with van der Waals surface area (Å²) in [7, 11) is -3.77. The van der Waals surface area contributed by atoms with Crippen molar-refractivity contribution in [3.63, 3.8) is 0 Å². The minimum atomic E-state index is -3.77. The van der Waals surface area contributed by atoms with Gasteiger partial charge in [-0.3, -0.25) is 0 Å². The smallest absolute Gasteiger partial charge is 0.240 e. The lowest BCUT2D eigenvalue weighted by Gasteiger charge is -2.09. The van der Waals surface area contributed by atoms with Gasteiger partial charge in [0.1, 0.15) is 4.90 Å². The van der Waals surface area contributed by atoms with Crippen molar-refractivity contribution in [3.05, 3.63) is 64.0 Å². The van der Waals surface area contributed by atoms with Crippen molar-refractivity contribution in [2.45, 2.75) is 11.8 Å². The molecule has 0 unspecified atom stereocenters. The van der Waals surface area contributed by atoms with Crippen LogP contribution in [0.25, 0.3) is 6.08 Å². The van der Waals surface area contributed by atoms with Gasteiger partial charge in [0, 0.05) is 5.02 Å². The number of nitrogens with one attached hydrogen (secondary N) is 1. The van der Waals surface area contributed by atoms with E-state index >= 15 is 0 Å². The van der Waals surface area contributed by atoms with Gasteiger partial charge < -0.3 is 4.72 Å². The molecule has 7 heteroatoms. The molecule has 4 nitrogen and oxygen atoms in total. The number of rotatable bonds is 5. The van der Waals surface area contributed by atoms with Gasteiger partial charge in [0.05, 0.1) is 5.69 Å². The summed E-state index contributed by atoms with van der Waals surface area (Å²) in [5.41, 5.74) is 2.24. The second-order valence-corrected chi connectivity index (χ2v) is 7.30. The number of hydrogen-bond donors (Lipinski definition) is 2. The average molecular weight is 355 g/mol. The molecule has 22 heavy (non-hydrogen) atoms. The maximum Gasteiger partial charge on any atom is 0.240 e. The highest BCUT2D eigenvalue weighted by molar-refractivity contribution is 8.03. The molecule has 0 bridgehead atoms. The topological polar surface area (TPSA) is 72.2 Å². The SMILES string of the molecule is Cc1ccc(NS/C=C/c2cccc(Cl)c2)c(S(N)(=O)=O)c1. The molecule has 0 aliphatic carbocycles. The molecule has 0 aliphatic heterocycles. The number of anilines is 1. The summed E-state index contributed by atoms with van der Waals surface area (Å²) >= 11 is 7.15. The molecule has 2 aromatic carbocycles. The quantitative estimate of drug-likeness (QED) is 0.795. The zero-order valence-electron chi connectivity index (χ0n) is 11.8. The summed E-state index contributed by atoms with van der Waals surface area (Å²) in [6.45, 7) is 1.81. The lowest BCUT2D eigenvalue weighted by atomic mass is 10.2. The number of aryl methyl sites for hydroxylation is 1. The van der Waals surface area contributed by atoms with Crippen molar-refractivity contribution in [2.75, 3.05) is 4.72 Å². The van der Waals surface area contributed by atoms with Crippen molar-refractivity contribution in [3.8, 4) is 0 Å². The van der Waals surface area contributed by atoms with Gasteiger partial charge in [-0.15, -0.1) is 0 Å². The molecule has 0 saturated heterocycles. The third-order valence-electron chi connectivity index (χ3n) is 2.79. The Kier molecular flexibility index (Phi) is 5.52. The van der Waals surface area contributed by atoms with Crippen molar-refractivity contribution in [2.24, 2.45) is 5.14 Å². The first-order valence-electron chi connectivity index (χ1n) is 6.33. The predicted octanol–water partition coefficient (Wildman–Crippen LogP) is 4.03. The standard InChI is InChI=1S/C15H15ClN2O2S2/c1-11-5-6-14(15(9-11)22(17,19)20)18-21-8-7-12-3-2-4-13(16)10-12/h2-10,18H,1H3,(H2,17,19,20)/b8-7+. The maximum absolute atomic E-state index is 11.6. The summed E-state index contributed by atoms with van der Waals surface area (Å²) in [6, 6.07) is 12.5. The van der Waals surface area contributed by atoms with E-state index in [2.05, 4.69) is 4.72 Å². The molecule has 0 radical (unpaired) electrons. The molecule has 0 fully saturated rings. The van der Waals surface area contributed by atoms with Gasteiger partial charge in [-0.25, -0.2) is 13.6 Å². The number of sulfonamides is 1. The molecule has 0 aromatic heterocycles. The van der Waals surface area contributed by atoms with Crippen LogP contribution in [0.15, 0.2) is 52.8 Å². The van der Waals surface area contributed by atoms with Gasteiger partial charge in [0.2, 0.25) is 10.0 Å². The Morgan fingerprint density at radius 1 is 1.23 bits per heavy atom. The fraction of sp³-hybridized carbons (Fsp3) is 0.0667. The zero-order chi connectivity index (χ0) is 16.2. The van der Waals surface area contributed by atoms with Crippen LogP contribution >= 0.6 is 23.5 Å². The second kappa shape index (κ2) is 7.19. The molecule has 3 N–H and O–H groups in total. The minimum absolute atomic E-state index is 0.0798. The van der Waals surface area contributed by atoms with Crippen LogP contribution in [0.5, 0.6) is 0 Å². The van der Waals surface area contributed by atoms with Crippen LogP contribution in [0.2, 0.25) is 5.02 Å². The Hall–Kier alpha value is -1.47. The highest BCUT2D eigenvalue weighted by atomic mass is 35.5. The maximum atomic E-state index is 11.6. The van der Waals surface area contributed by atoms with Gasteiger partial charge >= 0.3 is 0 Å². The summed E-state index contributed by atoms with van der Waals surface area (Å²) in [5.74, 6) is 0. The number of primary sulfonamides is 1. The first-order valence-corrected chi connectivity index (χ1v) is 9.14. The molecular formula is C15H15ClN2O2S2. The molecular weight excluding hydrogens is 340 g/mol. The molecule has 0 saturated carbocycles. The van der Waals surface area contributed by atoms with Crippen LogP contribution in [0, 0.1) is 6.92 Å². The van der Waals surface area contributed by atoms with E-state index in [1.54, 1.807) is 23.6 Å². The molecule has 2 aromatic rings. The van der Waals surface area contributed by atoms with Gasteiger partial charge in [0.25, 0.3) is 0 Å². The van der Waals surface area contributed by atoms with Crippen molar-refractivity contribution < 1.29 is 8.42 Å². The summed E-state index contributed by atoms with van der Waals surface area (Å²) < 4.78 is 26.2. The number of benzene rings is 2. The highest BCUT2D eigenvalue weighted by Crippen LogP contribution is 2.24. The van der Waals surface area contributed by atoms with E-state index in [0.717, 1.165) is 11.1 Å². The highest BCUT2D eigenvalue weighted by Gasteiger charge is 2.13. The van der Waals surface area contributed by atoms with E-state index in [1.807, 2.05) is 37.3 Å². The van der Waals surface area contributed by atoms with Crippen LogP contribution in [-0.4, -0.2) is 8.42 Å². The van der Waals surface area contributed by atoms with E-state index in [1.165, 1.54) is 11.9 Å². The molecule has 0 atom stereocenters. The molecule has 2 rings (SSSR count). The molecule has 0 spiro atoms. The van der Waals surface area contributed by atoms with Crippen molar-refractivity contribution >= 4 is 45.3 Å². The molecule has 0 aliphatic rings. The Balaban J connectivity index is 2.09. The third kappa shape index (κ3) is 4.78. The fourth-order valence-electron chi connectivity index (χ4n) is 1.77. The number of nitrogens with two attached hydrogens (primary N) is 1. The Bertz CT molecular complexity index is 805. The first kappa shape index (κ1) is 16.9.